The minimum absolute atomic E-state index is 0.406. The predicted molar refractivity (Wildman–Crippen MR) is 48.0 cm³/mol. The molecule has 1 unspecified atom stereocenters. The molecule has 0 aliphatic rings. The Hall–Kier alpha value is -1.28. The van der Waals surface area contributed by atoms with E-state index in [0.717, 1.165) is 12.0 Å². The lowest BCUT2D eigenvalue weighted by Crippen LogP contribution is -1.90. The zero-order chi connectivity index (χ0) is 9.40. The van der Waals surface area contributed by atoms with Crippen LogP contribution >= 0.6 is 0 Å². The van der Waals surface area contributed by atoms with Crippen molar-refractivity contribution in [3.8, 4) is 12.1 Å². The first-order valence-corrected chi connectivity index (χ1v) is 4.10. The van der Waals surface area contributed by atoms with Gasteiger partial charge in [0.15, 0.2) is 0 Å². The fourth-order valence-corrected chi connectivity index (χ4v) is 0.838. The molecule has 0 saturated carbocycles. The normalized spacial score (nSPS) is 13.2. The van der Waals surface area contributed by atoms with Crippen LogP contribution in [0.15, 0.2) is 11.6 Å². The summed E-state index contributed by atoms with van der Waals surface area (Å²) >= 11 is 0. The zero-order valence-corrected chi connectivity index (χ0v) is 7.67. The van der Waals surface area contributed by atoms with Crippen molar-refractivity contribution >= 4 is 0 Å². The highest BCUT2D eigenvalue weighted by Gasteiger charge is 1.98. The van der Waals surface area contributed by atoms with Crippen LogP contribution in [0.1, 0.15) is 33.1 Å². The molecule has 0 N–H and O–H groups in total. The van der Waals surface area contributed by atoms with Crippen molar-refractivity contribution in [2.75, 3.05) is 0 Å². The third-order valence-corrected chi connectivity index (χ3v) is 1.67. The van der Waals surface area contributed by atoms with Crippen LogP contribution < -0.4 is 0 Å². The van der Waals surface area contributed by atoms with Gasteiger partial charge in [0.1, 0.15) is 0 Å². The first-order chi connectivity index (χ1) is 5.70. The number of nitriles is 2. The Morgan fingerprint density at radius 2 is 2.08 bits per heavy atom. The summed E-state index contributed by atoms with van der Waals surface area (Å²) in [5.74, 6) is 0.406. The van der Waals surface area contributed by atoms with E-state index < -0.39 is 0 Å². The molecule has 0 rings (SSSR count). The van der Waals surface area contributed by atoms with Crippen molar-refractivity contribution in [2.45, 2.75) is 33.1 Å². The van der Waals surface area contributed by atoms with E-state index in [1.165, 1.54) is 0 Å². The van der Waals surface area contributed by atoms with Gasteiger partial charge >= 0.3 is 0 Å². The fraction of sp³-hybridized carbons (Fsp3) is 0.600. The lowest BCUT2D eigenvalue weighted by molar-refractivity contribution is 0.607. The minimum atomic E-state index is 0.406. The fourth-order valence-electron chi connectivity index (χ4n) is 0.838. The Kier molecular flexibility index (Phi) is 5.75. The van der Waals surface area contributed by atoms with Crippen molar-refractivity contribution in [1.29, 1.82) is 10.5 Å². The Labute approximate surface area is 74.1 Å². The van der Waals surface area contributed by atoms with Gasteiger partial charge < -0.3 is 0 Å². The molecule has 2 heteroatoms. The van der Waals surface area contributed by atoms with E-state index in [4.69, 9.17) is 10.5 Å². The van der Waals surface area contributed by atoms with Crippen molar-refractivity contribution in [3.63, 3.8) is 0 Å². The van der Waals surface area contributed by atoms with Gasteiger partial charge in [-0.25, -0.2) is 0 Å². The van der Waals surface area contributed by atoms with Crippen LogP contribution in [0.4, 0.5) is 0 Å². The van der Waals surface area contributed by atoms with Gasteiger partial charge in [0.05, 0.1) is 18.6 Å². The molecule has 2 nitrogen and oxygen atoms in total. The molecular weight excluding hydrogens is 148 g/mol. The van der Waals surface area contributed by atoms with Crippen molar-refractivity contribution in [2.24, 2.45) is 5.92 Å². The van der Waals surface area contributed by atoms with Crippen LogP contribution in [0.2, 0.25) is 0 Å². The highest BCUT2D eigenvalue weighted by molar-refractivity contribution is 5.04. The van der Waals surface area contributed by atoms with Gasteiger partial charge in [-0.3, -0.25) is 0 Å². The van der Waals surface area contributed by atoms with E-state index in [1.807, 2.05) is 19.9 Å². The van der Waals surface area contributed by atoms with Gasteiger partial charge in [0.2, 0.25) is 0 Å². The average Bonchev–Trinajstić information content (AvgIpc) is 2.02. The molecule has 0 fully saturated rings. The van der Waals surface area contributed by atoms with Crippen molar-refractivity contribution < 1.29 is 0 Å². The van der Waals surface area contributed by atoms with E-state index in [0.29, 0.717) is 18.8 Å². The van der Waals surface area contributed by atoms with Crippen LogP contribution in [0, 0.1) is 28.6 Å². The van der Waals surface area contributed by atoms with Gasteiger partial charge in [-0.15, -0.1) is 0 Å². The van der Waals surface area contributed by atoms with Gasteiger partial charge in [0.25, 0.3) is 0 Å². The maximum Gasteiger partial charge on any atom is 0.0666 e. The molecule has 0 saturated heterocycles. The van der Waals surface area contributed by atoms with Crippen LogP contribution in [0.25, 0.3) is 0 Å². The molecule has 0 spiro atoms. The maximum absolute atomic E-state index is 8.38. The van der Waals surface area contributed by atoms with Crippen LogP contribution in [-0.2, 0) is 0 Å². The van der Waals surface area contributed by atoms with Gasteiger partial charge in [-0.2, -0.15) is 10.5 Å². The molecule has 12 heavy (non-hydrogen) atoms. The summed E-state index contributed by atoms with van der Waals surface area (Å²) in [6, 6.07) is 4.22. The second-order valence-corrected chi connectivity index (χ2v) is 3.09. The first-order valence-electron chi connectivity index (χ1n) is 4.10. The molecule has 0 aliphatic heterocycles. The molecule has 0 bridgehead atoms. The third kappa shape index (κ3) is 5.50. The number of hydrogen-bond acceptors (Lipinski definition) is 2. The first kappa shape index (κ1) is 10.7. The molecule has 1 atom stereocenters. The second kappa shape index (κ2) is 6.43. The maximum atomic E-state index is 8.38. The molecule has 0 radical (unpaired) electrons. The third-order valence-electron chi connectivity index (χ3n) is 1.67. The molecule has 0 heterocycles. The minimum Gasteiger partial charge on any atom is -0.198 e. The van der Waals surface area contributed by atoms with Gasteiger partial charge in [0, 0.05) is 6.42 Å². The molecule has 0 aromatic rings. The van der Waals surface area contributed by atoms with E-state index in [1.54, 1.807) is 0 Å². The summed E-state index contributed by atoms with van der Waals surface area (Å²) in [7, 11) is 0. The second-order valence-electron chi connectivity index (χ2n) is 3.09. The quantitative estimate of drug-likeness (QED) is 0.597. The van der Waals surface area contributed by atoms with Crippen LogP contribution in [0.3, 0.4) is 0 Å². The van der Waals surface area contributed by atoms with Crippen LogP contribution in [0.5, 0.6) is 0 Å². The predicted octanol–water partition coefficient (Wildman–Crippen LogP) is 2.79. The van der Waals surface area contributed by atoms with E-state index in [2.05, 4.69) is 12.1 Å². The SMILES string of the molecule is C/C(=C\CC(C)CC#N)CC#N. The monoisotopic (exact) mass is 162 g/mol. The van der Waals surface area contributed by atoms with Crippen molar-refractivity contribution in [1.82, 2.24) is 0 Å². The number of nitrogens with zero attached hydrogens (tertiary/aromatic N) is 2. The van der Waals surface area contributed by atoms with E-state index >= 15 is 0 Å². The molecule has 64 valence electrons. The lowest BCUT2D eigenvalue weighted by atomic mass is 10.0. The summed E-state index contributed by atoms with van der Waals surface area (Å²) < 4.78 is 0. The Bertz CT molecular complexity index is 227. The number of allylic oxidation sites excluding steroid dienone is 2. The summed E-state index contributed by atoms with van der Waals surface area (Å²) in [6.07, 6.45) is 4.04. The van der Waals surface area contributed by atoms with E-state index in [9.17, 15) is 0 Å². The lowest BCUT2D eigenvalue weighted by Gasteiger charge is -2.01. The van der Waals surface area contributed by atoms with Gasteiger partial charge in [-0.05, 0) is 19.3 Å². The topological polar surface area (TPSA) is 47.6 Å². The number of rotatable bonds is 4. The average molecular weight is 162 g/mol. The van der Waals surface area contributed by atoms with E-state index in [-0.39, 0.29) is 0 Å². The van der Waals surface area contributed by atoms with Crippen molar-refractivity contribution in [3.05, 3.63) is 11.6 Å². The summed E-state index contributed by atoms with van der Waals surface area (Å²) in [6.45, 7) is 3.99. The summed E-state index contributed by atoms with van der Waals surface area (Å²) in [5, 5.41) is 16.7. The largest absolute Gasteiger partial charge is 0.198 e. The highest BCUT2D eigenvalue weighted by atomic mass is 14.2. The Morgan fingerprint density at radius 3 is 2.58 bits per heavy atom. The zero-order valence-electron chi connectivity index (χ0n) is 7.67. The highest BCUT2D eigenvalue weighted by Crippen LogP contribution is 2.10. The molecule has 0 amide bonds. The molecule has 0 aromatic heterocycles. The summed E-state index contributed by atoms with van der Waals surface area (Å²) in [4.78, 5) is 0. The van der Waals surface area contributed by atoms with Crippen LogP contribution in [-0.4, -0.2) is 0 Å². The standard InChI is InChI=1S/C10H14N2/c1-9(5-7-11)3-4-10(2)6-8-12/h3,10H,4-6H2,1-2H3/b9-3+. The molecule has 0 aromatic carbocycles. The Morgan fingerprint density at radius 1 is 1.42 bits per heavy atom. The number of hydrogen-bond donors (Lipinski definition) is 0. The molecular formula is C10H14N2. The summed E-state index contributed by atoms with van der Waals surface area (Å²) in [5.41, 5.74) is 1.10. The smallest absolute Gasteiger partial charge is 0.0666 e. The molecule has 0 aliphatic carbocycles. The Balaban J connectivity index is 3.74. The van der Waals surface area contributed by atoms with Gasteiger partial charge in [-0.1, -0.05) is 18.6 Å².